The molecule has 1 amide bonds. The van der Waals surface area contributed by atoms with Gasteiger partial charge >= 0.3 is 0 Å². The average molecular weight is 234 g/mol. The highest BCUT2D eigenvalue weighted by Gasteiger charge is 2.13. The predicted molar refractivity (Wildman–Crippen MR) is 72.9 cm³/mol. The van der Waals surface area contributed by atoms with Crippen LogP contribution >= 0.6 is 0 Å². The number of amides is 1. The number of anilines is 2. The Bertz CT molecular complexity index is 388. The zero-order chi connectivity index (χ0) is 12.8. The van der Waals surface area contributed by atoms with Crippen LogP contribution in [-0.4, -0.2) is 5.91 Å². The Morgan fingerprint density at radius 3 is 2.82 bits per heavy atom. The van der Waals surface area contributed by atoms with Crippen molar-refractivity contribution in [1.82, 2.24) is 0 Å². The van der Waals surface area contributed by atoms with E-state index in [2.05, 4.69) is 12.2 Å². The third-order valence-electron chi connectivity index (χ3n) is 3.07. The maximum absolute atomic E-state index is 11.9. The number of carbonyl (C=O) groups excluding carboxylic acids is 1. The lowest BCUT2D eigenvalue weighted by Gasteiger charge is -2.14. The molecule has 1 aromatic carbocycles. The molecule has 0 spiro atoms. The molecular formula is C14H22N2O. The van der Waals surface area contributed by atoms with E-state index in [9.17, 15) is 4.79 Å². The van der Waals surface area contributed by atoms with Crippen molar-refractivity contribution in [3.8, 4) is 0 Å². The Balaban J connectivity index is 2.64. The van der Waals surface area contributed by atoms with E-state index in [1.807, 2.05) is 32.0 Å². The number of rotatable bonds is 5. The Morgan fingerprint density at radius 2 is 2.18 bits per heavy atom. The van der Waals surface area contributed by atoms with Crippen LogP contribution in [0.1, 0.15) is 38.7 Å². The van der Waals surface area contributed by atoms with Crippen LogP contribution in [0.25, 0.3) is 0 Å². The van der Waals surface area contributed by atoms with Gasteiger partial charge in [0.05, 0.1) is 0 Å². The first-order valence-corrected chi connectivity index (χ1v) is 6.22. The number of hydrogen-bond acceptors (Lipinski definition) is 2. The number of carbonyl (C=O) groups is 1. The van der Waals surface area contributed by atoms with E-state index >= 15 is 0 Å². The van der Waals surface area contributed by atoms with Gasteiger partial charge in [-0.2, -0.15) is 0 Å². The molecule has 0 aromatic heterocycles. The SMILES string of the molecule is CCCCC(C)C(=O)Nc1cccc(N)c1C. The Morgan fingerprint density at radius 1 is 1.47 bits per heavy atom. The number of unbranched alkanes of at least 4 members (excludes halogenated alkanes) is 1. The number of benzene rings is 1. The fourth-order valence-electron chi connectivity index (χ4n) is 1.69. The van der Waals surface area contributed by atoms with Crippen molar-refractivity contribution in [1.29, 1.82) is 0 Å². The van der Waals surface area contributed by atoms with Gasteiger partial charge < -0.3 is 11.1 Å². The lowest BCUT2D eigenvalue weighted by atomic mass is 10.0. The first-order valence-electron chi connectivity index (χ1n) is 6.22. The van der Waals surface area contributed by atoms with Crippen molar-refractivity contribution in [2.45, 2.75) is 40.0 Å². The van der Waals surface area contributed by atoms with Crippen LogP contribution in [0, 0.1) is 12.8 Å². The van der Waals surface area contributed by atoms with Crippen molar-refractivity contribution < 1.29 is 4.79 Å². The second-order valence-corrected chi connectivity index (χ2v) is 4.55. The molecule has 1 aromatic rings. The molecule has 94 valence electrons. The van der Waals surface area contributed by atoms with Crippen molar-refractivity contribution in [2.24, 2.45) is 5.92 Å². The standard InChI is InChI=1S/C14H22N2O/c1-4-5-7-10(2)14(17)16-13-9-6-8-12(15)11(13)3/h6,8-10H,4-5,7,15H2,1-3H3,(H,16,17). The quantitative estimate of drug-likeness (QED) is 0.768. The van der Waals surface area contributed by atoms with E-state index in [4.69, 9.17) is 5.73 Å². The summed E-state index contributed by atoms with van der Waals surface area (Å²) in [7, 11) is 0. The molecular weight excluding hydrogens is 212 g/mol. The van der Waals surface area contributed by atoms with Crippen molar-refractivity contribution in [3.63, 3.8) is 0 Å². The molecule has 1 atom stereocenters. The number of nitrogens with two attached hydrogens (primary N) is 1. The van der Waals surface area contributed by atoms with Gasteiger partial charge in [0.15, 0.2) is 0 Å². The highest BCUT2D eigenvalue weighted by Crippen LogP contribution is 2.21. The molecule has 0 heterocycles. The monoisotopic (exact) mass is 234 g/mol. The van der Waals surface area contributed by atoms with Gasteiger partial charge in [0.25, 0.3) is 0 Å². The van der Waals surface area contributed by atoms with Gasteiger partial charge in [-0.1, -0.05) is 32.8 Å². The second-order valence-electron chi connectivity index (χ2n) is 4.55. The van der Waals surface area contributed by atoms with Gasteiger partial charge in [-0.15, -0.1) is 0 Å². The van der Waals surface area contributed by atoms with Crippen LogP contribution < -0.4 is 11.1 Å². The van der Waals surface area contributed by atoms with Crippen LogP contribution in [-0.2, 0) is 4.79 Å². The lowest BCUT2D eigenvalue weighted by molar-refractivity contribution is -0.119. The molecule has 3 nitrogen and oxygen atoms in total. The van der Waals surface area contributed by atoms with Crippen molar-refractivity contribution >= 4 is 17.3 Å². The van der Waals surface area contributed by atoms with Crippen molar-refractivity contribution in [3.05, 3.63) is 23.8 Å². The molecule has 1 rings (SSSR count). The summed E-state index contributed by atoms with van der Waals surface area (Å²) in [6, 6.07) is 5.58. The number of nitrogens with one attached hydrogen (secondary N) is 1. The number of hydrogen-bond donors (Lipinski definition) is 2. The Kier molecular flexibility index (Phi) is 5.01. The highest BCUT2D eigenvalue weighted by molar-refractivity contribution is 5.93. The molecule has 3 N–H and O–H groups in total. The minimum absolute atomic E-state index is 0.0516. The first kappa shape index (κ1) is 13.6. The Hall–Kier alpha value is -1.51. The van der Waals surface area contributed by atoms with Gasteiger partial charge in [0.1, 0.15) is 0 Å². The van der Waals surface area contributed by atoms with Gasteiger partial charge in [-0.3, -0.25) is 4.79 Å². The van der Waals surface area contributed by atoms with E-state index in [0.717, 1.165) is 30.5 Å². The van der Waals surface area contributed by atoms with Crippen molar-refractivity contribution in [2.75, 3.05) is 11.1 Å². The molecule has 17 heavy (non-hydrogen) atoms. The van der Waals surface area contributed by atoms with E-state index in [1.165, 1.54) is 0 Å². The third kappa shape index (κ3) is 3.77. The predicted octanol–water partition coefficient (Wildman–Crippen LogP) is 3.34. The molecule has 1 unspecified atom stereocenters. The maximum Gasteiger partial charge on any atom is 0.227 e. The molecule has 0 aliphatic carbocycles. The summed E-state index contributed by atoms with van der Waals surface area (Å²) >= 11 is 0. The topological polar surface area (TPSA) is 55.1 Å². The molecule has 0 bridgehead atoms. The first-order chi connectivity index (χ1) is 8.06. The fraction of sp³-hybridized carbons (Fsp3) is 0.500. The molecule has 0 aliphatic heterocycles. The summed E-state index contributed by atoms with van der Waals surface area (Å²) < 4.78 is 0. The third-order valence-corrected chi connectivity index (χ3v) is 3.07. The lowest BCUT2D eigenvalue weighted by Crippen LogP contribution is -2.21. The summed E-state index contributed by atoms with van der Waals surface area (Å²) in [4.78, 5) is 11.9. The van der Waals surface area contributed by atoms with Crippen LogP contribution in [0.3, 0.4) is 0 Å². The minimum atomic E-state index is 0.0516. The fourth-order valence-corrected chi connectivity index (χ4v) is 1.69. The zero-order valence-electron chi connectivity index (χ0n) is 10.9. The largest absolute Gasteiger partial charge is 0.398 e. The minimum Gasteiger partial charge on any atom is -0.398 e. The van der Waals surface area contributed by atoms with Gasteiger partial charge in [0.2, 0.25) is 5.91 Å². The molecule has 3 heteroatoms. The van der Waals surface area contributed by atoms with Crippen LogP contribution in [0.2, 0.25) is 0 Å². The summed E-state index contributed by atoms with van der Waals surface area (Å²) in [5, 5.41) is 2.94. The van der Waals surface area contributed by atoms with E-state index in [1.54, 1.807) is 0 Å². The summed E-state index contributed by atoms with van der Waals surface area (Å²) in [6.45, 7) is 6.01. The normalized spacial score (nSPS) is 12.2. The van der Waals surface area contributed by atoms with E-state index in [0.29, 0.717) is 5.69 Å². The maximum atomic E-state index is 11.9. The highest BCUT2D eigenvalue weighted by atomic mass is 16.1. The Labute approximate surface area is 103 Å². The molecule has 0 fully saturated rings. The van der Waals surface area contributed by atoms with Gasteiger partial charge in [0, 0.05) is 17.3 Å². The van der Waals surface area contributed by atoms with E-state index < -0.39 is 0 Å². The van der Waals surface area contributed by atoms with Crippen LogP contribution in [0.4, 0.5) is 11.4 Å². The second kappa shape index (κ2) is 6.28. The average Bonchev–Trinajstić information content (AvgIpc) is 2.31. The molecule has 0 saturated carbocycles. The molecule has 0 aliphatic rings. The summed E-state index contributed by atoms with van der Waals surface area (Å²) in [5.41, 5.74) is 8.27. The summed E-state index contributed by atoms with van der Waals surface area (Å²) in [5.74, 6) is 0.128. The van der Waals surface area contributed by atoms with E-state index in [-0.39, 0.29) is 11.8 Å². The molecule has 0 saturated heterocycles. The zero-order valence-corrected chi connectivity index (χ0v) is 10.9. The van der Waals surface area contributed by atoms with Gasteiger partial charge in [-0.25, -0.2) is 0 Å². The number of nitrogen functional groups attached to an aromatic ring is 1. The van der Waals surface area contributed by atoms with Crippen LogP contribution in [0.5, 0.6) is 0 Å². The van der Waals surface area contributed by atoms with Crippen LogP contribution in [0.15, 0.2) is 18.2 Å². The molecule has 0 radical (unpaired) electrons. The smallest absolute Gasteiger partial charge is 0.227 e. The van der Waals surface area contributed by atoms with Gasteiger partial charge in [-0.05, 0) is 31.0 Å². The summed E-state index contributed by atoms with van der Waals surface area (Å²) in [6.07, 6.45) is 3.14.